The highest BCUT2D eigenvalue weighted by molar-refractivity contribution is 6.13. The van der Waals surface area contributed by atoms with Crippen LogP contribution < -0.4 is 15.4 Å². The molecule has 3 N–H and O–H groups in total. The fourth-order valence-corrected chi connectivity index (χ4v) is 2.35. The van der Waals surface area contributed by atoms with Gasteiger partial charge in [-0.25, -0.2) is 15.0 Å². The van der Waals surface area contributed by atoms with E-state index in [-0.39, 0.29) is 17.9 Å². The average molecular weight is 358 g/mol. The Balaban J connectivity index is 2.28. The molecule has 0 saturated carbocycles. The summed E-state index contributed by atoms with van der Waals surface area (Å²) in [5, 5.41) is 8.51. The number of likely N-dealkylation sites (N-methyl/N-ethyl adjacent to an activating group) is 1. The van der Waals surface area contributed by atoms with Crippen LogP contribution in [0.1, 0.15) is 32.0 Å². The van der Waals surface area contributed by atoms with Crippen molar-refractivity contribution in [1.82, 2.24) is 15.0 Å². The summed E-state index contributed by atoms with van der Waals surface area (Å²) in [5.41, 5.74) is 7.59. The fraction of sp³-hybridized carbons (Fsp3) is 0.444. The molecule has 8 heteroatoms. The van der Waals surface area contributed by atoms with Gasteiger partial charge in [-0.1, -0.05) is 0 Å². The molecule has 0 fully saturated rings. The van der Waals surface area contributed by atoms with E-state index in [2.05, 4.69) is 15.0 Å². The van der Waals surface area contributed by atoms with Crippen LogP contribution in [0, 0.1) is 5.41 Å². The maximum Gasteiger partial charge on any atom is 0.214 e. The van der Waals surface area contributed by atoms with Crippen molar-refractivity contribution in [2.24, 2.45) is 0 Å². The molecule has 0 aliphatic rings. The van der Waals surface area contributed by atoms with E-state index in [9.17, 15) is 0 Å². The van der Waals surface area contributed by atoms with Crippen molar-refractivity contribution in [3.63, 3.8) is 0 Å². The Kier molecular flexibility index (Phi) is 6.46. The second-order valence-electron chi connectivity index (χ2n) is 6.34. The zero-order valence-corrected chi connectivity index (χ0v) is 15.9. The molecule has 8 nitrogen and oxygen atoms in total. The quantitative estimate of drug-likeness (QED) is 0.695. The first-order valence-electron chi connectivity index (χ1n) is 8.39. The third kappa shape index (κ3) is 4.89. The summed E-state index contributed by atoms with van der Waals surface area (Å²) in [4.78, 5) is 14.6. The van der Waals surface area contributed by atoms with Gasteiger partial charge in [0, 0.05) is 38.4 Å². The number of hydrogen-bond acceptors (Lipinski definition) is 8. The molecule has 2 aromatic rings. The molecule has 1 unspecified atom stereocenters. The van der Waals surface area contributed by atoms with Gasteiger partial charge < -0.3 is 20.1 Å². The maximum absolute atomic E-state index is 8.51. The lowest BCUT2D eigenvalue weighted by atomic mass is 10.1. The smallest absolute Gasteiger partial charge is 0.214 e. The van der Waals surface area contributed by atoms with Crippen LogP contribution in [0.2, 0.25) is 0 Å². The summed E-state index contributed by atoms with van der Waals surface area (Å²) >= 11 is 0. The van der Waals surface area contributed by atoms with Gasteiger partial charge in [0.2, 0.25) is 5.88 Å². The van der Waals surface area contributed by atoms with Crippen LogP contribution in [-0.4, -0.2) is 53.6 Å². The van der Waals surface area contributed by atoms with Gasteiger partial charge in [0.05, 0.1) is 35.5 Å². The number of rotatable bonds is 8. The number of ether oxygens (including phenoxy) is 2. The lowest BCUT2D eigenvalue weighted by Gasteiger charge is -2.22. The Bertz CT molecular complexity index is 765. The van der Waals surface area contributed by atoms with Gasteiger partial charge in [-0.05, 0) is 20.8 Å². The normalized spacial score (nSPS) is 12.1. The molecule has 0 spiro atoms. The molecule has 0 aliphatic carbocycles. The third-order valence-electron chi connectivity index (χ3n) is 3.77. The Morgan fingerprint density at radius 2 is 1.96 bits per heavy atom. The average Bonchev–Trinajstić information content (AvgIpc) is 2.62. The van der Waals surface area contributed by atoms with Gasteiger partial charge in [-0.2, -0.15) is 0 Å². The van der Waals surface area contributed by atoms with Crippen molar-refractivity contribution in [3.05, 3.63) is 35.9 Å². The Morgan fingerprint density at radius 3 is 2.62 bits per heavy atom. The standard InChI is InChI=1S/C18H26N6O2/c1-11(2)26-17-6-13(14(19)8-21-17)18(20)15-7-16(23-10-22-15)24(4)9-12(3)25-5/h6-8,10-12,20H,9,19H2,1-5H3. The number of anilines is 2. The van der Waals surface area contributed by atoms with Gasteiger partial charge >= 0.3 is 0 Å². The first-order chi connectivity index (χ1) is 12.3. The molecule has 2 aromatic heterocycles. The number of pyridine rings is 1. The minimum atomic E-state index is -0.0183. The van der Waals surface area contributed by atoms with Gasteiger partial charge in [0.25, 0.3) is 0 Å². The number of nitrogens with one attached hydrogen (secondary N) is 1. The molecule has 26 heavy (non-hydrogen) atoms. The predicted molar refractivity (Wildman–Crippen MR) is 102 cm³/mol. The summed E-state index contributed by atoms with van der Waals surface area (Å²) in [5.74, 6) is 1.13. The molecule has 140 valence electrons. The molecule has 0 radical (unpaired) electrons. The lowest BCUT2D eigenvalue weighted by Crippen LogP contribution is -2.29. The Morgan fingerprint density at radius 1 is 1.23 bits per heavy atom. The predicted octanol–water partition coefficient (Wildman–Crippen LogP) is 2.13. The van der Waals surface area contributed by atoms with E-state index >= 15 is 0 Å². The number of methoxy groups -OCH3 is 1. The zero-order chi connectivity index (χ0) is 19.3. The van der Waals surface area contributed by atoms with Crippen molar-refractivity contribution in [1.29, 1.82) is 5.41 Å². The van der Waals surface area contributed by atoms with Crippen molar-refractivity contribution < 1.29 is 9.47 Å². The number of nitrogens with two attached hydrogens (primary N) is 1. The Hall–Kier alpha value is -2.74. The fourth-order valence-electron chi connectivity index (χ4n) is 2.35. The number of nitrogens with zero attached hydrogens (tertiary/aromatic N) is 4. The molecule has 0 amide bonds. The van der Waals surface area contributed by atoms with Gasteiger partial charge in [-0.15, -0.1) is 0 Å². The molecule has 0 bridgehead atoms. The van der Waals surface area contributed by atoms with Gasteiger partial charge in [0.1, 0.15) is 12.1 Å². The van der Waals surface area contributed by atoms with Crippen molar-refractivity contribution in [2.45, 2.75) is 33.0 Å². The SMILES string of the molecule is COC(C)CN(C)c1cc(C(=N)c2cc(OC(C)C)ncc2N)ncn1. The molecule has 2 rings (SSSR count). The van der Waals surface area contributed by atoms with E-state index in [4.69, 9.17) is 20.6 Å². The summed E-state index contributed by atoms with van der Waals surface area (Å²) in [7, 11) is 3.59. The molecule has 0 aliphatic heterocycles. The molecular formula is C18H26N6O2. The third-order valence-corrected chi connectivity index (χ3v) is 3.77. The minimum absolute atomic E-state index is 0.0183. The summed E-state index contributed by atoms with van der Waals surface area (Å²) < 4.78 is 10.9. The van der Waals surface area contributed by atoms with E-state index in [1.807, 2.05) is 32.7 Å². The molecule has 0 saturated heterocycles. The molecule has 2 heterocycles. The van der Waals surface area contributed by atoms with E-state index in [0.717, 1.165) is 0 Å². The minimum Gasteiger partial charge on any atom is -0.475 e. The zero-order valence-electron chi connectivity index (χ0n) is 15.9. The van der Waals surface area contributed by atoms with E-state index in [1.165, 1.54) is 12.5 Å². The van der Waals surface area contributed by atoms with Crippen LogP contribution in [0.5, 0.6) is 5.88 Å². The lowest BCUT2D eigenvalue weighted by molar-refractivity contribution is 0.124. The summed E-state index contributed by atoms with van der Waals surface area (Å²) in [6.07, 6.45) is 2.98. The summed E-state index contributed by atoms with van der Waals surface area (Å²) in [6, 6.07) is 3.42. The second kappa shape index (κ2) is 8.57. The highest BCUT2D eigenvalue weighted by Gasteiger charge is 2.15. The van der Waals surface area contributed by atoms with Crippen LogP contribution in [-0.2, 0) is 4.74 Å². The van der Waals surface area contributed by atoms with Crippen molar-refractivity contribution >= 4 is 17.2 Å². The molecule has 1 atom stereocenters. The largest absolute Gasteiger partial charge is 0.475 e. The maximum atomic E-state index is 8.51. The monoisotopic (exact) mass is 358 g/mol. The Labute approximate surface area is 153 Å². The summed E-state index contributed by atoms with van der Waals surface area (Å²) in [6.45, 7) is 6.48. The number of hydrogen-bond donors (Lipinski definition) is 2. The number of aromatic nitrogens is 3. The molecule has 0 aromatic carbocycles. The van der Waals surface area contributed by atoms with E-state index < -0.39 is 0 Å². The van der Waals surface area contributed by atoms with Gasteiger partial charge in [0.15, 0.2) is 0 Å². The van der Waals surface area contributed by atoms with E-state index in [0.29, 0.717) is 35.2 Å². The van der Waals surface area contributed by atoms with Crippen LogP contribution in [0.4, 0.5) is 11.5 Å². The first kappa shape index (κ1) is 19.6. The first-order valence-corrected chi connectivity index (χ1v) is 8.39. The van der Waals surface area contributed by atoms with Crippen molar-refractivity contribution in [3.8, 4) is 5.88 Å². The van der Waals surface area contributed by atoms with Gasteiger partial charge in [-0.3, -0.25) is 5.41 Å². The van der Waals surface area contributed by atoms with Crippen molar-refractivity contribution in [2.75, 3.05) is 31.3 Å². The van der Waals surface area contributed by atoms with Crippen LogP contribution in [0.25, 0.3) is 0 Å². The van der Waals surface area contributed by atoms with E-state index in [1.54, 1.807) is 19.2 Å². The topological polar surface area (TPSA) is 110 Å². The number of nitrogen functional groups attached to an aromatic ring is 1. The van der Waals surface area contributed by atoms with Crippen LogP contribution >= 0.6 is 0 Å². The second-order valence-corrected chi connectivity index (χ2v) is 6.34. The highest BCUT2D eigenvalue weighted by Crippen LogP contribution is 2.21. The van der Waals surface area contributed by atoms with Crippen LogP contribution in [0.15, 0.2) is 24.7 Å². The van der Waals surface area contributed by atoms with Crippen LogP contribution in [0.3, 0.4) is 0 Å². The highest BCUT2D eigenvalue weighted by atomic mass is 16.5. The molecular weight excluding hydrogens is 332 g/mol.